The fourth-order valence-electron chi connectivity index (χ4n) is 5.34. The van der Waals surface area contributed by atoms with Crippen molar-refractivity contribution in [2.24, 2.45) is 0 Å². The summed E-state index contributed by atoms with van der Waals surface area (Å²) in [5, 5.41) is 3.05. The molecule has 0 spiro atoms. The zero-order valence-electron chi connectivity index (χ0n) is 20.4. The molecule has 2 aromatic heterocycles. The number of imidazole rings is 1. The predicted molar refractivity (Wildman–Crippen MR) is 158 cm³/mol. The number of nitrogens with zero attached hydrogens (tertiary/aromatic N) is 2. The minimum Gasteiger partial charge on any atom is -0.337 e. The van der Waals surface area contributed by atoms with E-state index in [-0.39, 0.29) is 4.90 Å². The number of rotatable bonds is 3. The molecule has 1 aliphatic carbocycles. The third-order valence-electron chi connectivity index (χ3n) is 7.20. The summed E-state index contributed by atoms with van der Waals surface area (Å²) in [5.41, 5.74) is 6.51. The van der Waals surface area contributed by atoms with Gasteiger partial charge in [-0.25, -0.2) is 17.4 Å². The van der Waals surface area contributed by atoms with E-state index in [4.69, 9.17) is 4.98 Å². The molecule has 6 aromatic rings. The standard InChI is InChI=1S/C31H22BrN3O2S/c1-19-11-14-21(15-12-19)38(36,37)35-18-27(26-17-20(32)13-16-28(26)35)31-33-29-24-9-4-2-3-7-22(24)23-8-5-6-10-25(23)30(29)34-31/h2-8,10-18H,9H2,1H3,(H,33,34). The van der Waals surface area contributed by atoms with Gasteiger partial charge >= 0.3 is 0 Å². The van der Waals surface area contributed by atoms with Crippen molar-refractivity contribution in [3.63, 3.8) is 0 Å². The highest BCUT2D eigenvalue weighted by Crippen LogP contribution is 2.38. The normalized spacial score (nSPS) is 13.4. The Morgan fingerprint density at radius 3 is 2.55 bits per heavy atom. The van der Waals surface area contributed by atoms with Gasteiger partial charge in [-0.3, -0.25) is 0 Å². The van der Waals surface area contributed by atoms with E-state index in [1.807, 2.05) is 43.3 Å². The van der Waals surface area contributed by atoms with Gasteiger partial charge in [0.25, 0.3) is 10.0 Å². The monoisotopic (exact) mass is 579 g/mol. The fraction of sp³-hybridized carbons (Fsp3) is 0.0645. The lowest BCUT2D eigenvalue weighted by Gasteiger charge is -2.09. The number of hydrogen-bond acceptors (Lipinski definition) is 3. The van der Waals surface area contributed by atoms with Crippen molar-refractivity contribution < 1.29 is 8.42 Å². The van der Waals surface area contributed by atoms with Crippen molar-refractivity contribution in [3.8, 4) is 11.4 Å². The molecule has 38 heavy (non-hydrogen) atoms. The van der Waals surface area contributed by atoms with Crippen molar-refractivity contribution in [1.82, 2.24) is 13.9 Å². The average Bonchev–Trinajstić information content (AvgIpc) is 3.43. The molecule has 0 radical (unpaired) electrons. The molecule has 1 N–H and O–H groups in total. The third kappa shape index (κ3) is 3.50. The summed E-state index contributed by atoms with van der Waals surface area (Å²) in [6, 6.07) is 20.9. The number of allylic oxidation sites excluding steroid dienone is 3. The van der Waals surface area contributed by atoms with Gasteiger partial charge in [0, 0.05) is 27.0 Å². The summed E-state index contributed by atoms with van der Waals surface area (Å²) in [4.78, 5) is 8.91. The van der Waals surface area contributed by atoms with Gasteiger partial charge in [-0.1, -0.05) is 82.2 Å². The number of aromatic nitrogens is 3. The minimum atomic E-state index is -3.82. The highest BCUT2D eigenvalue weighted by Gasteiger charge is 2.24. The lowest BCUT2D eigenvalue weighted by atomic mass is 9.95. The molecule has 1 aliphatic rings. The molecule has 4 aromatic carbocycles. The summed E-state index contributed by atoms with van der Waals surface area (Å²) in [6.07, 6.45) is 10.9. The minimum absolute atomic E-state index is 0.244. The van der Waals surface area contributed by atoms with Crippen molar-refractivity contribution in [2.45, 2.75) is 18.2 Å². The number of aromatic amines is 1. The number of hydrogen-bond donors (Lipinski definition) is 1. The van der Waals surface area contributed by atoms with Gasteiger partial charge < -0.3 is 4.98 Å². The topological polar surface area (TPSA) is 67.8 Å². The van der Waals surface area contributed by atoms with Crippen LogP contribution in [0.2, 0.25) is 0 Å². The van der Waals surface area contributed by atoms with Crippen LogP contribution < -0.4 is 0 Å². The predicted octanol–water partition coefficient (Wildman–Crippen LogP) is 7.77. The van der Waals surface area contributed by atoms with E-state index in [0.29, 0.717) is 11.3 Å². The van der Waals surface area contributed by atoms with E-state index < -0.39 is 10.0 Å². The van der Waals surface area contributed by atoms with Crippen LogP contribution in [0.25, 0.3) is 50.2 Å². The molecule has 5 nitrogen and oxygen atoms in total. The van der Waals surface area contributed by atoms with Crippen LogP contribution in [-0.2, 0) is 16.4 Å². The zero-order chi connectivity index (χ0) is 26.0. The van der Waals surface area contributed by atoms with E-state index in [2.05, 4.69) is 63.4 Å². The summed E-state index contributed by atoms with van der Waals surface area (Å²) in [6.45, 7) is 1.94. The Morgan fingerprint density at radius 2 is 1.74 bits per heavy atom. The van der Waals surface area contributed by atoms with Gasteiger partial charge in [-0.2, -0.15) is 0 Å². The molecule has 186 valence electrons. The number of fused-ring (bicyclic) bond motifs is 7. The van der Waals surface area contributed by atoms with Crippen LogP contribution in [0.5, 0.6) is 0 Å². The van der Waals surface area contributed by atoms with Crippen LogP contribution >= 0.6 is 15.9 Å². The Hall–Kier alpha value is -3.94. The van der Waals surface area contributed by atoms with Gasteiger partial charge in [-0.05, 0) is 60.2 Å². The van der Waals surface area contributed by atoms with Crippen LogP contribution in [0.3, 0.4) is 0 Å². The van der Waals surface area contributed by atoms with Crippen molar-refractivity contribution in [2.75, 3.05) is 0 Å². The van der Waals surface area contributed by atoms with Crippen molar-refractivity contribution in [1.29, 1.82) is 0 Å². The summed E-state index contributed by atoms with van der Waals surface area (Å²) < 4.78 is 29.8. The first-order valence-corrected chi connectivity index (χ1v) is 14.5. The summed E-state index contributed by atoms with van der Waals surface area (Å²) >= 11 is 3.57. The molecular weight excluding hydrogens is 558 g/mol. The first kappa shape index (κ1) is 23.2. The van der Waals surface area contributed by atoms with Crippen LogP contribution in [0, 0.1) is 6.92 Å². The van der Waals surface area contributed by atoms with Crippen LogP contribution in [0.1, 0.15) is 16.7 Å². The SMILES string of the molecule is Cc1ccc(S(=O)(=O)n2cc(-c3nc4c5c(c6ccccc6c4[nH]3)C=CC=CC5)c3cc(Br)ccc32)cc1. The quantitative estimate of drug-likeness (QED) is 0.233. The summed E-state index contributed by atoms with van der Waals surface area (Å²) in [5.74, 6) is 0.636. The lowest BCUT2D eigenvalue weighted by Crippen LogP contribution is -2.11. The Balaban J connectivity index is 1.52. The first-order valence-electron chi connectivity index (χ1n) is 12.3. The maximum absolute atomic E-state index is 13.8. The Morgan fingerprint density at radius 1 is 0.947 bits per heavy atom. The molecule has 7 heteroatoms. The molecule has 0 saturated carbocycles. The van der Waals surface area contributed by atoms with E-state index in [9.17, 15) is 8.42 Å². The van der Waals surface area contributed by atoms with Crippen LogP contribution in [0.15, 0.2) is 101 Å². The highest BCUT2D eigenvalue weighted by atomic mass is 79.9. The van der Waals surface area contributed by atoms with Gasteiger partial charge in [0.2, 0.25) is 0 Å². The lowest BCUT2D eigenvalue weighted by molar-refractivity contribution is 0.589. The molecule has 0 saturated heterocycles. The van der Waals surface area contributed by atoms with E-state index in [0.717, 1.165) is 54.8 Å². The van der Waals surface area contributed by atoms with E-state index in [1.165, 1.54) is 9.54 Å². The Kier molecular flexibility index (Phi) is 5.22. The molecule has 2 heterocycles. The third-order valence-corrected chi connectivity index (χ3v) is 9.38. The Labute approximate surface area is 228 Å². The highest BCUT2D eigenvalue weighted by molar-refractivity contribution is 9.10. The molecule has 0 aliphatic heterocycles. The molecule has 7 rings (SSSR count). The number of nitrogens with one attached hydrogen (secondary N) is 1. The number of benzene rings is 4. The van der Waals surface area contributed by atoms with Gasteiger partial charge in [0.15, 0.2) is 0 Å². The molecule has 0 fully saturated rings. The number of aryl methyl sites for hydroxylation is 1. The second-order valence-corrected chi connectivity index (χ2v) is 12.3. The molecular formula is C31H22BrN3O2S. The van der Waals surface area contributed by atoms with Crippen LogP contribution in [0.4, 0.5) is 0 Å². The van der Waals surface area contributed by atoms with Crippen LogP contribution in [-0.4, -0.2) is 22.4 Å². The van der Waals surface area contributed by atoms with Crippen molar-refractivity contribution >= 4 is 64.7 Å². The maximum atomic E-state index is 13.8. The smallest absolute Gasteiger partial charge is 0.268 e. The van der Waals surface area contributed by atoms with E-state index >= 15 is 0 Å². The second kappa shape index (κ2) is 8.55. The second-order valence-electron chi connectivity index (χ2n) is 9.56. The number of H-pyrrole nitrogens is 1. The maximum Gasteiger partial charge on any atom is 0.268 e. The van der Waals surface area contributed by atoms with Gasteiger partial charge in [-0.15, -0.1) is 0 Å². The first-order chi connectivity index (χ1) is 18.4. The molecule has 0 amide bonds. The Bertz CT molecular complexity index is 2080. The zero-order valence-corrected chi connectivity index (χ0v) is 22.8. The average molecular weight is 581 g/mol. The molecule has 0 atom stereocenters. The van der Waals surface area contributed by atoms with Gasteiger partial charge in [0.1, 0.15) is 5.82 Å². The largest absolute Gasteiger partial charge is 0.337 e. The van der Waals surface area contributed by atoms with E-state index in [1.54, 1.807) is 18.3 Å². The van der Waals surface area contributed by atoms with Gasteiger partial charge in [0.05, 0.1) is 21.4 Å². The summed E-state index contributed by atoms with van der Waals surface area (Å²) in [7, 11) is -3.82. The number of halogens is 1. The van der Waals surface area contributed by atoms with Crippen molar-refractivity contribution in [3.05, 3.63) is 112 Å². The molecule has 0 bridgehead atoms. The fourth-order valence-corrected chi connectivity index (χ4v) is 7.07. The molecule has 0 unspecified atom stereocenters.